The van der Waals surface area contributed by atoms with Gasteiger partial charge in [0, 0.05) is 26.0 Å². The molecule has 3 aromatic rings. The Morgan fingerprint density at radius 3 is 2.71 bits per heavy atom. The van der Waals surface area contributed by atoms with Crippen LogP contribution >= 0.6 is 11.8 Å². The average molecular weight is 439 g/mol. The fourth-order valence-electron chi connectivity index (χ4n) is 3.95. The van der Waals surface area contributed by atoms with Gasteiger partial charge in [0.05, 0.1) is 11.8 Å². The van der Waals surface area contributed by atoms with Gasteiger partial charge in [-0.15, -0.1) is 0 Å². The Kier molecular flexibility index (Phi) is 7.14. The van der Waals surface area contributed by atoms with Crippen LogP contribution < -0.4 is 5.32 Å². The number of hydrogen-bond donors (Lipinski definition) is 1. The quantitative estimate of drug-likeness (QED) is 0.525. The monoisotopic (exact) mass is 438 g/mol. The smallest absolute Gasteiger partial charge is 0.287 e. The highest BCUT2D eigenvalue weighted by molar-refractivity contribution is 7.98. The molecule has 0 saturated carbocycles. The van der Waals surface area contributed by atoms with Crippen LogP contribution in [0.5, 0.6) is 0 Å². The summed E-state index contributed by atoms with van der Waals surface area (Å²) in [6, 6.07) is 14.2. The Labute approximate surface area is 188 Å². The largest absolute Gasteiger partial charge is 0.455 e. The number of piperidine rings is 1. The number of thioether (sulfide) groups is 1. The van der Waals surface area contributed by atoms with Gasteiger partial charge in [0.25, 0.3) is 5.91 Å². The van der Waals surface area contributed by atoms with E-state index in [9.17, 15) is 4.79 Å². The van der Waals surface area contributed by atoms with Gasteiger partial charge in [0.15, 0.2) is 10.9 Å². The molecule has 1 fully saturated rings. The molecule has 0 spiro atoms. The van der Waals surface area contributed by atoms with E-state index in [1.165, 1.54) is 18.4 Å². The first kappa shape index (κ1) is 21.7. The van der Waals surface area contributed by atoms with Crippen molar-refractivity contribution < 1.29 is 9.21 Å². The molecule has 1 aromatic carbocycles. The number of carbonyl (C=O) groups is 1. The molecular formula is C24H30N4O2S. The van der Waals surface area contributed by atoms with Crippen molar-refractivity contribution in [3.05, 3.63) is 71.9 Å². The van der Waals surface area contributed by atoms with Crippen LogP contribution in [0.2, 0.25) is 0 Å². The van der Waals surface area contributed by atoms with Crippen LogP contribution in [0.3, 0.4) is 0 Å². The fraction of sp³-hybridized carbons (Fsp3) is 0.417. The summed E-state index contributed by atoms with van der Waals surface area (Å²) >= 11 is 1.59. The molecular weight excluding hydrogens is 408 g/mol. The number of hydrogen-bond acceptors (Lipinski definition) is 5. The highest BCUT2D eigenvalue weighted by Gasteiger charge is 2.25. The lowest BCUT2D eigenvalue weighted by Gasteiger charge is -2.37. The summed E-state index contributed by atoms with van der Waals surface area (Å²) in [5.41, 5.74) is 1.24. The van der Waals surface area contributed by atoms with E-state index in [1.54, 1.807) is 24.0 Å². The molecule has 1 N–H and O–H groups in total. The van der Waals surface area contributed by atoms with Crippen molar-refractivity contribution in [2.24, 2.45) is 13.0 Å². The van der Waals surface area contributed by atoms with Crippen molar-refractivity contribution in [1.82, 2.24) is 19.8 Å². The molecule has 3 heterocycles. The number of aryl methyl sites for hydroxylation is 1. The van der Waals surface area contributed by atoms with E-state index in [0.29, 0.717) is 18.1 Å². The predicted octanol–water partition coefficient (Wildman–Crippen LogP) is 4.51. The number of likely N-dealkylation sites (tertiary alicyclic amines) is 1. The van der Waals surface area contributed by atoms with E-state index in [4.69, 9.17) is 4.42 Å². The van der Waals surface area contributed by atoms with E-state index in [-0.39, 0.29) is 11.9 Å². The summed E-state index contributed by atoms with van der Waals surface area (Å²) in [5, 5.41) is 4.02. The van der Waals surface area contributed by atoms with E-state index < -0.39 is 0 Å². The molecule has 164 valence electrons. The van der Waals surface area contributed by atoms with Crippen molar-refractivity contribution in [2.75, 3.05) is 19.6 Å². The molecule has 1 aliphatic heterocycles. The van der Waals surface area contributed by atoms with Crippen LogP contribution in [0.4, 0.5) is 0 Å². The van der Waals surface area contributed by atoms with Gasteiger partial charge in [-0.25, -0.2) is 4.98 Å². The minimum absolute atomic E-state index is 0.167. The molecule has 1 amide bonds. The number of amides is 1. The lowest BCUT2D eigenvalue weighted by atomic mass is 9.95. The zero-order valence-corrected chi connectivity index (χ0v) is 19.0. The zero-order chi connectivity index (χ0) is 21.6. The summed E-state index contributed by atoms with van der Waals surface area (Å²) < 4.78 is 7.76. The van der Waals surface area contributed by atoms with Gasteiger partial charge in [-0.3, -0.25) is 9.69 Å². The third-order valence-corrected chi connectivity index (χ3v) is 6.99. The van der Waals surface area contributed by atoms with Crippen molar-refractivity contribution >= 4 is 17.7 Å². The maximum atomic E-state index is 12.8. The molecule has 1 unspecified atom stereocenters. The standard InChI is InChI=1S/C24H30N4O2S/c1-18-10-13-28(14-11-18)21(19-6-4-3-5-7-19)16-26-23(29)22-9-8-20(30-22)17-31-24-25-12-15-27(24)2/h3-9,12,15,18,21H,10-11,13-14,16-17H2,1-2H3,(H,26,29). The first-order chi connectivity index (χ1) is 15.1. The summed E-state index contributed by atoms with van der Waals surface area (Å²) in [4.78, 5) is 19.6. The Bertz CT molecular complexity index is 976. The van der Waals surface area contributed by atoms with Gasteiger partial charge in [0.1, 0.15) is 5.76 Å². The molecule has 31 heavy (non-hydrogen) atoms. The normalized spacial score (nSPS) is 16.3. The first-order valence-corrected chi connectivity index (χ1v) is 11.8. The van der Waals surface area contributed by atoms with Crippen LogP contribution in [-0.2, 0) is 12.8 Å². The number of nitrogens with one attached hydrogen (secondary N) is 1. The third kappa shape index (κ3) is 5.60. The predicted molar refractivity (Wildman–Crippen MR) is 123 cm³/mol. The SMILES string of the molecule is CC1CCN(C(CNC(=O)c2ccc(CSc3nccn3C)o2)c2ccccc2)CC1. The second-order valence-electron chi connectivity index (χ2n) is 8.23. The van der Waals surface area contributed by atoms with E-state index in [1.807, 2.05) is 29.9 Å². The molecule has 1 aliphatic rings. The molecule has 6 nitrogen and oxygen atoms in total. The van der Waals surface area contributed by atoms with Crippen molar-refractivity contribution in [3.63, 3.8) is 0 Å². The summed E-state index contributed by atoms with van der Waals surface area (Å²) in [6.07, 6.45) is 6.09. The van der Waals surface area contributed by atoms with Crippen molar-refractivity contribution in [3.8, 4) is 0 Å². The molecule has 0 bridgehead atoms. The van der Waals surface area contributed by atoms with Crippen LogP contribution in [-0.4, -0.2) is 40.0 Å². The van der Waals surface area contributed by atoms with Crippen LogP contribution in [0.15, 0.2) is 64.4 Å². The molecule has 0 radical (unpaired) electrons. The average Bonchev–Trinajstić information content (AvgIpc) is 3.43. The zero-order valence-electron chi connectivity index (χ0n) is 18.2. The Balaban J connectivity index is 1.36. The lowest BCUT2D eigenvalue weighted by molar-refractivity contribution is 0.0885. The summed E-state index contributed by atoms with van der Waals surface area (Å²) in [6.45, 7) is 5.00. The third-order valence-electron chi connectivity index (χ3n) is 5.91. The van der Waals surface area contributed by atoms with Crippen molar-refractivity contribution in [2.45, 2.75) is 36.7 Å². The molecule has 2 aromatic heterocycles. The van der Waals surface area contributed by atoms with Crippen LogP contribution in [0.1, 0.15) is 47.7 Å². The molecule has 1 saturated heterocycles. The maximum Gasteiger partial charge on any atom is 0.287 e. The van der Waals surface area contributed by atoms with E-state index >= 15 is 0 Å². The number of nitrogens with zero attached hydrogens (tertiary/aromatic N) is 3. The highest BCUT2D eigenvalue weighted by Crippen LogP contribution is 2.27. The second-order valence-corrected chi connectivity index (χ2v) is 9.17. The molecule has 4 rings (SSSR count). The molecule has 0 aliphatic carbocycles. The van der Waals surface area contributed by atoms with Crippen molar-refractivity contribution in [1.29, 1.82) is 0 Å². The first-order valence-electron chi connectivity index (χ1n) is 10.9. The van der Waals surface area contributed by atoms with E-state index in [2.05, 4.69) is 46.4 Å². The maximum absolute atomic E-state index is 12.8. The Morgan fingerprint density at radius 1 is 1.23 bits per heavy atom. The van der Waals surface area contributed by atoms with Gasteiger partial charge in [0.2, 0.25) is 0 Å². The highest BCUT2D eigenvalue weighted by atomic mass is 32.2. The number of imidazole rings is 1. The van der Waals surface area contributed by atoms with E-state index in [0.717, 1.165) is 29.9 Å². The lowest BCUT2D eigenvalue weighted by Crippen LogP contribution is -2.41. The molecule has 7 heteroatoms. The van der Waals surface area contributed by atoms with Gasteiger partial charge in [-0.2, -0.15) is 0 Å². The second kappa shape index (κ2) is 10.2. The summed E-state index contributed by atoms with van der Waals surface area (Å²) in [5.74, 6) is 2.36. The Hall–Kier alpha value is -2.51. The van der Waals surface area contributed by atoms with Crippen LogP contribution in [0, 0.1) is 5.92 Å². The van der Waals surface area contributed by atoms with Gasteiger partial charge in [-0.1, -0.05) is 49.0 Å². The van der Waals surface area contributed by atoms with Crippen LogP contribution in [0.25, 0.3) is 0 Å². The minimum Gasteiger partial charge on any atom is -0.455 e. The van der Waals surface area contributed by atoms with Gasteiger partial charge < -0.3 is 14.3 Å². The number of carbonyl (C=O) groups excluding carboxylic acids is 1. The van der Waals surface area contributed by atoms with Gasteiger partial charge in [-0.05, 0) is 49.5 Å². The molecule has 1 atom stereocenters. The topological polar surface area (TPSA) is 63.3 Å². The number of benzene rings is 1. The van der Waals surface area contributed by atoms with Gasteiger partial charge >= 0.3 is 0 Å². The number of rotatable bonds is 8. The minimum atomic E-state index is -0.167. The number of furan rings is 1. The number of aromatic nitrogens is 2. The summed E-state index contributed by atoms with van der Waals surface area (Å²) in [7, 11) is 1.96. The Morgan fingerprint density at radius 2 is 2.00 bits per heavy atom. The fourth-order valence-corrected chi connectivity index (χ4v) is 4.78.